The van der Waals surface area contributed by atoms with Gasteiger partial charge in [-0.3, -0.25) is 4.79 Å². The predicted molar refractivity (Wildman–Crippen MR) is 79.5 cm³/mol. The summed E-state index contributed by atoms with van der Waals surface area (Å²) in [6, 6.07) is 8.00. The third-order valence-corrected chi connectivity index (χ3v) is 4.39. The van der Waals surface area contributed by atoms with Gasteiger partial charge in [-0.15, -0.1) is 0 Å². The maximum atomic E-state index is 12.8. The summed E-state index contributed by atoms with van der Waals surface area (Å²) in [4.78, 5) is 14.7. The van der Waals surface area contributed by atoms with Crippen molar-refractivity contribution in [3.8, 4) is 5.75 Å². The number of hydrogen-bond acceptors (Lipinski definition) is 4. The number of morpholine rings is 1. The van der Waals surface area contributed by atoms with E-state index in [9.17, 15) is 4.79 Å². The molecule has 2 fully saturated rings. The number of hydrogen-bond donors (Lipinski definition) is 1. The minimum Gasteiger partial charge on any atom is -0.496 e. The number of methoxy groups -OCH3 is 1. The molecule has 2 aliphatic rings. The second-order valence-corrected chi connectivity index (χ2v) is 5.55. The van der Waals surface area contributed by atoms with Gasteiger partial charge in [-0.2, -0.15) is 0 Å². The van der Waals surface area contributed by atoms with Crippen LogP contribution in [0.1, 0.15) is 11.5 Å². The third-order valence-electron chi connectivity index (χ3n) is 4.39. The Bertz CT molecular complexity index is 500. The minimum atomic E-state index is -0.0144. The Morgan fingerprint density at radius 3 is 2.81 bits per heavy atom. The maximum absolute atomic E-state index is 12.8. The van der Waals surface area contributed by atoms with E-state index >= 15 is 0 Å². The SMILES string of the molecule is COc1ccccc1C1CNCC1C(=O)N1CCOCC1. The molecule has 1 N–H and O–H groups in total. The Kier molecular flexibility index (Phi) is 4.41. The number of nitrogens with one attached hydrogen (secondary N) is 1. The lowest BCUT2D eigenvalue weighted by atomic mass is 9.87. The quantitative estimate of drug-likeness (QED) is 0.897. The fourth-order valence-corrected chi connectivity index (χ4v) is 3.26. The van der Waals surface area contributed by atoms with E-state index in [1.54, 1.807) is 7.11 Å². The number of carbonyl (C=O) groups is 1. The summed E-state index contributed by atoms with van der Waals surface area (Å²) in [7, 11) is 1.68. The van der Waals surface area contributed by atoms with Gasteiger partial charge in [0, 0.05) is 32.1 Å². The predicted octanol–water partition coefficient (Wildman–Crippen LogP) is 0.857. The molecule has 2 saturated heterocycles. The summed E-state index contributed by atoms with van der Waals surface area (Å²) < 4.78 is 10.8. The monoisotopic (exact) mass is 290 g/mol. The molecule has 5 heteroatoms. The number of nitrogens with zero attached hydrogens (tertiary/aromatic N) is 1. The second kappa shape index (κ2) is 6.45. The Balaban J connectivity index is 1.80. The molecule has 114 valence electrons. The van der Waals surface area contributed by atoms with E-state index in [0.717, 1.165) is 24.4 Å². The summed E-state index contributed by atoms with van der Waals surface area (Å²) in [5.74, 6) is 1.26. The number of benzene rings is 1. The van der Waals surface area contributed by atoms with Gasteiger partial charge in [-0.05, 0) is 11.6 Å². The molecule has 0 radical (unpaired) electrons. The van der Waals surface area contributed by atoms with E-state index in [1.807, 2.05) is 23.1 Å². The number of ether oxygens (including phenoxy) is 2. The van der Waals surface area contributed by atoms with Gasteiger partial charge in [-0.1, -0.05) is 18.2 Å². The van der Waals surface area contributed by atoms with E-state index in [-0.39, 0.29) is 17.7 Å². The normalized spacial score (nSPS) is 25.9. The number of rotatable bonds is 3. The van der Waals surface area contributed by atoms with Crippen LogP contribution in [-0.2, 0) is 9.53 Å². The molecule has 21 heavy (non-hydrogen) atoms. The van der Waals surface area contributed by atoms with Crippen molar-refractivity contribution in [2.75, 3.05) is 46.5 Å². The Morgan fingerprint density at radius 2 is 2.05 bits per heavy atom. The van der Waals surface area contributed by atoms with E-state index < -0.39 is 0 Å². The van der Waals surface area contributed by atoms with Crippen molar-refractivity contribution in [2.24, 2.45) is 5.92 Å². The van der Waals surface area contributed by atoms with Gasteiger partial charge >= 0.3 is 0 Å². The lowest BCUT2D eigenvalue weighted by Gasteiger charge is -2.31. The molecular weight excluding hydrogens is 268 g/mol. The highest BCUT2D eigenvalue weighted by Gasteiger charge is 2.37. The zero-order valence-electron chi connectivity index (χ0n) is 12.4. The Morgan fingerprint density at radius 1 is 1.29 bits per heavy atom. The molecule has 3 rings (SSSR count). The second-order valence-electron chi connectivity index (χ2n) is 5.55. The topological polar surface area (TPSA) is 50.8 Å². The summed E-state index contributed by atoms with van der Waals surface area (Å²) in [6.45, 7) is 4.25. The zero-order chi connectivity index (χ0) is 14.7. The molecule has 1 amide bonds. The molecule has 5 nitrogen and oxygen atoms in total. The van der Waals surface area contributed by atoms with Crippen LogP contribution in [0.2, 0.25) is 0 Å². The van der Waals surface area contributed by atoms with Gasteiger partial charge < -0.3 is 19.7 Å². The van der Waals surface area contributed by atoms with Crippen LogP contribution in [0.15, 0.2) is 24.3 Å². The molecule has 0 bridgehead atoms. The average Bonchev–Trinajstić information content (AvgIpc) is 3.04. The lowest BCUT2D eigenvalue weighted by Crippen LogP contribution is -2.45. The van der Waals surface area contributed by atoms with Crippen molar-refractivity contribution in [3.05, 3.63) is 29.8 Å². The molecule has 0 aromatic heterocycles. The van der Waals surface area contributed by atoms with Crippen LogP contribution in [-0.4, -0.2) is 57.3 Å². The van der Waals surface area contributed by atoms with Crippen molar-refractivity contribution in [1.29, 1.82) is 0 Å². The summed E-state index contributed by atoms with van der Waals surface area (Å²) in [6.07, 6.45) is 0. The first kappa shape index (κ1) is 14.4. The summed E-state index contributed by atoms with van der Waals surface area (Å²) in [5, 5.41) is 3.36. The van der Waals surface area contributed by atoms with E-state index in [1.165, 1.54) is 0 Å². The van der Waals surface area contributed by atoms with Crippen molar-refractivity contribution in [2.45, 2.75) is 5.92 Å². The highest BCUT2D eigenvalue weighted by Crippen LogP contribution is 2.35. The van der Waals surface area contributed by atoms with Crippen LogP contribution in [0.3, 0.4) is 0 Å². The summed E-state index contributed by atoms with van der Waals surface area (Å²) >= 11 is 0. The van der Waals surface area contributed by atoms with Gasteiger partial charge in [0.05, 0.1) is 26.2 Å². The number of para-hydroxylation sites is 1. The molecule has 1 aromatic rings. The number of carbonyl (C=O) groups excluding carboxylic acids is 1. The van der Waals surface area contributed by atoms with E-state index in [2.05, 4.69) is 11.4 Å². The molecule has 0 saturated carbocycles. The van der Waals surface area contributed by atoms with Crippen molar-refractivity contribution in [3.63, 3.8) is 0 Å². The minimum absolute atomic E-state index is 0.0144. The average molecular weight is 290 g/mol. The molecule has 2 aliphatic heterocycles. The van der Waals surface area contributed by atoms with Crippen LogP contribution in [0.4, 0.5) is 0 Å². The zero-order valence-corrected chi connectivity index (χ0v) is 12.4. The van der Waals surface area contributed by atoms with Crippen LogP contribution in [0.25, 0.3) is 0 Å². The largest absolute Gasteiger partial charge is 0.496 e. The molecule has 2 unspecified atom stereocenters. The van der Waals surface area contributed by atoms with Crippen molar-refractivity contribution in [1.82, 2.24) is 10.2 Å². The lowest BCUT2D eigenvalue weighted by molar-refractivity contribution is -0.139. The van der Waals surface area contributed by atoms with E-state index in [0.29, 0.717) is 26.3 Å². The Labute approximate surface area is 125 Å². The highest BCUT2D eigenvalue weighted by atomic mass is 16.5. The molecule has 0 spiro atoms. The standard InChI is InChI=1S/C16H22N2O3/c1-20-15-5-3-2-4-12(15)13-10-17-11-14(13)16(19)18-6-8-21-9-7-18/h2-5,13-14,17H,6-11H2,1H3. The first-order valence-electron chi connectivity index (χ1n) is 7.51. The van der Waals surface area contributed by atoms with Crippen molar-refractivity contribution >= 4 is 5.91 Å². The van der Waals surface area contributed by atoms with Gasteiger partial charge in [0.15, 0.2) is 0 Å². The van der Waals surface area contributed by atoms with Gasteiger partial charge in [-0.25, -0.2) is 0 Å². The molecule has 2 heterocycles. The molecule has 2 atom stereocenters. The Hall–Kier alpha value is -1.59. The fourth-order valence-electron chi connectivity index (χ4n) is 3.26. The highest BCUT2D eigenvalue weighted by molar-refractivity contribution is 5.81. The van der Waals surface area contributed by atoms with Crippen LogP contribution >= 0.6 is 0 Å². The van der Waals surface area contributed by atoms with Crippen LogP contribution in [0.5, 0.6) is 5.75 Å². The van der Waals surface area contributed by atoms with Crippen LogP contribution in [0, 0.1) is 5.92 Å². The first-order chi connectivity index (χ1) is 10.3. The van der Waals surface area contributed by atoms with Gasteiger partial charge in [0.2, 0.25) is 5.91 Å². The fraction of sp³-hybridized carbons (Fsp3) is 0.562. The number of amides is 1. The molecule has 1 aromatic carbocycles. The molecule has 0 aliphatic carbocycles. The van der Waals surface area contributed by atoms with Crippen molar-refractivity contribution < 1.29 is 14.3 Å². The van der Waals surface area contributed by atoms with Crippen LogP contribution < -0.4 is 10.1 Å². The van der Waals surface area contributed by atoms with E-state index in [4.69, 9.17) is 9.47 Å². The van der Waals surface area contributed by atoms with Gasteiger partial charge in [0.1, 0.15) is 5.75 Å². The first-order valence-corrected chi connectivity index (χ1v) is 7.51. The smallest absolute Gasteiger partial charge is 0.227 e. The third kappa shape index (κ3) is 2.89. The molecular formula is C16H22N2O3. The summed E-state index contributed by atoms with van der Waals surface area (Å²) in [5.41, 5.74) is 1.12. The van der Waals surface area contributed by atoms with Gasteiger partial charge in [0.25, 0.3) is 0 Å². The maximum Gasteiger partial charge on any atom is 0.227 e.